The van der Waals surface area contributed by atoms with Crippen molar-refractivity contribution in [2.45, 2.75) is 6.10 Å². The lowest BCUT2D eigenvalue weighted by molar-refractivity contribution is 0.186. The number of nitrogens with zero attached hydrogens (tertiary/aromatic N) is 1. The lowest BCUT2D eigenvalue weighted by atomic mass is 10.1. The zero-order valence-electron chi connectivity index (χ0n) is 6.87. The van der Waals surface area contributed by atoms with Gasteiger partial charge in [-0.05, 0) is 17.7 Å². The van der Waals surface area contributed by atoms with Gasteiger partial charge < -0.3 is 10.8 Å². The Bertz CT molecular complexity index is 346. The molecule has 3 nitrogen and oxygen atoms in total. The van der Waals surface area contributed by atoms with Gasteiger partial charge in [0.1, 0.15) is 11.9 Å². The van der Waals surface area contributed by atoms with Gasteiger partial charge in [0, 0.05) is 6.54 Å². The van der Waals surface area contributed by atoms with Crippen molar-refractivity contribution in [1.29, 1.82) is 5.26 Å². The van der Waals surface area contributed by atoms with Gasteiger partial charge in [0.15, 0.2) is 0 Å². The molecule has 0 aliphatic rings. The van der Waals surface area contributed by atoms with E-state index >= 15 is 0 Å². The molecule has 3 N–H and O–H groups in total. The molecular formula is C9H9FN2O. The number of aliphatic hydroxyl groups is 1. The number of halogens is 1. The second-order valence-electron chi connectivity index (χ2n) is 2.60. The van der Waals surface area contributed by atoms with Gasteiger partial charge in [0.25, 0.3) is 0 Å². The Morgan fingerprint density at radius 3 is 2.85 bits per heavy atom. The van der Waals surface area contributed by atoms with E-state index in [2.05, 4.69) is 0 Å². The van der Waals surface area contributed by atoms with Crippen LogP contribution in [0.2, 0.25) is 0 Å². The van der Waals surface area contributed by atoms with E-state index in [0.717, 1.165) is 6.07 Å². The fourth-order valence-corrected chi connectivity index (χ4v) is 0.972. The van der Waals surface area contributed by atoms with Crippen LogP contribution in [0.15, 0.2) is 18.2 Å². The average Bonchev–Trinajstić information content (AvgIpc) is 2.17. The smallest absolute Gasteiger partial charge is 0.140 e. The van der Waals surface area contributed by atoms with Crippen LogP contribution in [0.3, 0.4) is 0 Å². The first kappa shape index (κ1) is 9.65. The summed E-state index contributed by atoms with van der Waals surface area (Å²) in [6.45, 7) is 0.0521. The third-order valence-electron chi connectivity index (χ3n) is 1.72. The predicted molar refractivity (Wildman–Crippen MR) is 45.1 cm³/mol. The van der Waals surface area contributed by atoms with Crippen LogP contribution in [-0.2, 0) is 0 Å². The predicted octanol–water partition coefficient (Wildman–Crippen LogP) is 0.689. The molecule has 0 aliphatic heterocycles. The van der Waals surface area contributed by atoms with Crippen LogP contribution in [-0.4, -0.2) is 11.7 Å². The van der Waals surface area contributed by atoms with Crippen molar-refractivity contribution >= 4 is 0 Å². The molecule has 0 saturated heterocycles. The van der Waals surface area contributed by atoms with E-state index in [1.165, 1.54) is 12.1 Å². The Morgan fingerprint density at radius 1 is 1.62 bits per heavy atom. The van der Waals surface area contributed by atoms with Gasteiger partial charge in [-0.15, -0.1) is 0 Å². The molecule has 0 saturated carbocycles. The molecule has 68 valence electrons. The van der Waals surface area contributed by atoms with Crippen LogP contribution in [0.4, 0.5) is 4.39 Å². The normalized spacial score (nSPS) is 12.2. The summed E-state index contributed by atoms with van der Waals surface area (Å²) in [5.74, 6) is -0.588. The molecule has 0 bridgehead atoms. The van der Waals surface area contributed by atoms with Crippen LogP contribution in [0.25, 0.3) is 0 Å². The number of benzene rings is 1. The van der Waals surface area contributed by atoms with E-state index in [0.29, 0.717) is 5.56 Å². The largest absolute Gasteiger partial charge is 0.387 e. The number of hydrogen-bond acceptors (Lipinski definition) is 3. The maximum Gasteiger partial charge on any atom is 0.140 e. The Hall–Kier alpha value is -1.44. The van der Waals surface area contributed by atoms with E-state index in [9.17, 15) is 9.50 Å². The van der Waals surface area contributed by atoms with E-state index in [4.69, 9.17) is 11.0 Å². The molecule has 0 radical (unpaired) electrons. The van der Waals surface area contributed by atoms with E-state index in [1.54, 1.807) is 6.07 Å². The molecule has 0 amide bonds. The molecule has 0 heterocycles. The Labute approximate surface area is 75.2 Å². The minimum Gasteiger partial charge on any atom is -0.387 e. The number of rotatable bonds is 2. The van der Waals surface area contributed by atoms with Gasteiger partial charge >= 0.3 is 0 Å². The highest BCUT2D eigenvalue weighted by Gasteiger charge is 2.08. The highest BCUT2D eigenvalue weighted by Crippen LogP contribution is 2.15. The van der Waals surface area contributed by atoms with Gasteiger partial charge in [-0.1, -0.05) is 6.07 Å². The second-order valence-corrected chi connectivity index (χ2v) is 2.60. The monoisotopic (exact) mass is 180 g/mol. The fourth-order valence-electron chi connectivity index (χ4n) is 0.972. The first-order chi connectivity index (χ1) is 6.19. The Kier molecular flexibility index (Phi) is 2.96. The lowest BCUT2D eigenvalue weighted by Gasteiger charge is -2.07. The van der Waals surface area contributed by atoms with Crippen LogP contribution < -0.4 is 5.73 Å². The van der Waals surface area contributed by atoms with Crippen molar-refractivity contribution in [3.05, 3.63) is 35.1 Å². The summed E-state index contributed by atoms with van der Waals surface area (Å²) in [6.07, 6.45) is -0.840. The van der Waals surface area contributed by atoms with Crippen molar-refractivity contribution in [3.8, 4) is 6.07 Å². The quantitative estimate of drug-likeness (QED) is 0.703. The molecule has 4 heteroatoms. The number of hydrogen-bond donors (Lipinski definition) is 2. The maximum atomic E-state index is 12.8. The van der Waals surface area contributed by atoms with Gasteiger partial charge in [-0.25, -0.2) is 4.39 Å². The number of nitrogens with two attached hydrogens (primary N) is 1. The minimum absolute atomic E-state index is 0.0521. The van der Waals surface area contributed by atoms with E-state index < -0.39 is 11.9 Å². The van der Waals surface area contributed by atoms with Gasteiger partial charge in [-0.2, -0.15) is 5.26 Å². The summed E-state index contributed by atoms with van der Waals surface area (Å²) in [5, 5.41) is 17.8. The third-order valence-corrected chi connectivity index (χ3v) is 1.72. The maximum absolute atomic E-state index is 12.8. The van der Waals surface area contributed by atoms with Crippen molar-refractivity contribution in [2.24, 2.45) is 5.73 Å². The topological polar surface area (TPSA) is 70.0 Å². The second kappa shape index (κ2) is 3.99. The molecule has 1 aromatic rings. The minimum atomic E-state index is -0.840. The first-order valence-corrected chi connectivity index (χ1v) is 3.76. The molecule has 0 aromatic heterocycles. The molecule has 0 aliphatic carbocycles. The number of aliphatic hydroxyl groups excluding tert-OH is 1. The standard InChI is InChI=1S/C9H9FN2O/c10-8-2-1-6(9(13)5-12)3-7(8)4-11/h1-3,9,13H,5,12H2/t9-/m1/s1. The van der Waals surface area contributed by atoms with Crippen LogP contribution in [0.5, 0.6) is 0 Å². The van der Waals surface area contributed by atoms with Crippen molar-refractivity contribution in [1.82, 2.24) is 0 Å². The Morgan fingerprint density at radius 2 is 2.31 bits per heavy atom. The highest BCUT2D eigenvalue weighted by atomic mass is 19.1. The summed E-state index contributed by atoms with van der Waals surface area (Å²) in [6, 6.07) is 5.54. The molecule has 1 atom stereocenters. The first-order valence-electron chi connectivity index (χ1n) is 3.76. The van der Waals surface area contributed by atoms with Crippen LogP contribution in [0, 0.1) is 17.1 Å². The molecule has 0 unspecified atom stereocenters. The van der Waals surface area contributed by atoms with Crippen molar-refractivity contribution in [2.75, 3.05) is 6.54 Å². The molecule has 13 heavy (non-hydrogen) atoms. The molecule has 1 aromatic carbocycles. The molecule has 0 fully saturated rings. The Balaban J connectivity index is 3.08. The molecule has 0 spiro atoms. The van der Waals surface area contributed by atoms with Crippen molar-refractivity contribution in [3.63, 3.8) is 0 Å². The molecule has 1 rings (SSSR count). The van der Waals surface area contributed by atoms with Gasteiger partial charge in [0.2, 0.25) is 0 Å². The highest BCUT2D eigenvalue weighted by molar-refractivity contribution is 5.35. The van der Waals surface area contributed by atoms with Crippen LogP contribution in [0.1, 0.15) is 17.2 Å². The lowest BCUT2D eigenvalue weighted by Crippen LogP contribution is -2.11. The van der Waals surface area contributed by atoms with Gasteiger partial charge in [0.05, 0.1) is 11.7 Å². The average molecular weight is 180 g/mol. The zero-order chi connectivity index (χ0) is 9.84. The summed E-state index contributed by atoms with van der Waals surface area (Å²) in [7, 11) is 0. The van der Waals surface area contributed by atoms with Crippen LogP contribution >= 0.6 is 0 Å². The fraction of sp³-hybridized carbons (Fsp3) is 0.222. The summed E-state index contributed by atoms with van der Waals surface area (Å²) < 4.78 is 12.8. The van der Waals surface area contributed by atoms with Crippen molar-refractivity contribution < 1.29 is 9.50 Å². The van der Waals surface area contributed by atoms with E-state index in [1.807, 2.05) is 0 Å². The number of nitriles is 1. The summed E-state index contributed by atoms with van der Waals surface area (Å²) in [5.41, 5.74) is 5.59. The van der Waals surface area contributed by atoms with E-state index in [-0.39, 0.29) is 12.1 Å². The zero-order valence-corrected chi connectivity index (χ0v) is 6.87. The summed E-state index contributed by atoms with van der Waals surface area (Å²) >= 11 is 0. The van der Waals surface area contributed by atoms with Gasteiger partial charge in [-0.3, -0.25) is 0 Å². The SMILES string of the molecule is N#Cc1cc([C@H](O)CN)ccc1F. The summed E-state index contributed by atoms with van der Waals surface area (Å²) in [4.78, 5) is 0. The third kappa shape index (κ3) is 2.02. The molecular weight excluding hydrogens is 171 g/mol.